The maximum atomic E-state index is 13.6. The van der Waals surface area contributed by atoms with E-state index in [4.69, 9.17) is 10.6 Å². The first-order valence-corrected chi connectivity index (χ1v) is 5.36. The van der Waals surface area contributed by atoms with Crippen LogP contribution in [0.2, 0.25) is 0 Å². The molecule has 0 aliphatic heterocycles. The van der Waals surface area contributed by atoms with E-state index in [9.17, 15) is 8.78 Å². The largest absolute Gasteiger partial charge is 0.379 e. The van der Waals surface area contributed by atoms with Crippen molar-refractivity contribution in [2.75, 3.05) is 7.11 Å². The summed E-state index contributed by atoms with van der Waals surface area (Å²) in [6, 6.07) is 2.81. The second-order valence-corrected chi connectivity index (χ2v) is 4.55. The standard InChI is InChI=1S/C12H18F2N2O/c1-12(2,17-3)7-11(16-15)9-6-8(13)4-5-10(9)14/h4-6,11,16H,7,15H2,1-3H3. The van der Waals surface area contributed by atoms with Crippen molar-refractivity contribution in [2.24, 2.45) is 5.84 Å². The van der Waals surface area contributed by atoms with Gasteiger partial charge in [0.25, 0.3) is 0 Å². The van der Waals surface area contributed by atoms with Crippen LogP contribution in [0, 0.1) is 11.6 Å². The molecule has 0 aliphatic carbocycles. The molecule has 1 unspecified atom stereocenters. The van der Waals surface area contributed by atoms with Gasteiger partial charge in [0, 0.05) is 12.7 Å². The van der Waals surface area contributed by atoms with Crippen LogP contribution in [-0.2, 0) is 4.74 Å². The number of hydrogen-bond acceptors (Lipinski definition) is 3. The fourth-order valence-corrected chi connectivity index (χ4v) is 1.62. The number of halogens is 2. The third-order valence-electron chi connectivity index (χ3n) is 2.78. The molecule has 0 radical (unpaired) electrons. The van der Waals surface area contributed by atoms with E-state index < -0.39 is 23.3 Å². The van der Waals surface area contributed by atoms with E-state index in [-0.39, 0.29) is 5.56 Å². The molecule has 1 aromatic carbocycles. The number of nitrogens with one attached hydrogen (secondary N) is 1. The lowest BCUT2D eigenvalue weighted by Gasteiger charge is -2.28. The summed E-state index contributed by atoms with van der Waals surface area (Å²) in [5, 5.41) is 0. The first kappa shape index (κ1) is 14.0. The van der Waals surface area contributed by atoms with Gasteiger partial charge >= 0.3 is 0 Å². The molecule has 0 fully saturated rings. The molecule has 0 amide bonds. The maximum Gasteiger partial charge on any atom is 0.128 e. The molecule has 1 atom stereocenters. The summed E-state index contributed by atoms with van der Waals surface area (Å²) in [6.07, 6.45) is 0.431. The fourth-order valence-electron chi connectivity index (χ4n) is 1.62. The highest BCUT2D eigenvalue weighted by Gasteiger charge is 2.25. The van der Waals surface area contributed by atoms with Crippen LogP contribution in [0.25, 0.3) is 0 Å². The molecule has 1 aromatic rings. The van der Waals surface area contributed by atoms with E-state index >= 15 is 0 Å². The molecular formula is C12H18F2N2O. The van der Waals surface area contributed by atoms with Crippen LogP contribution in [0.3, 0.4) is 0 Å². The number of benzene rings is 1. The van der Waals surface area contributed by atoms with Crippen molar-refractivity contribution in [3.63, 3.8) is 0 Å². The van der Waals surface area contributed by atoms with E-state index in [1.807, 2.05) is 13.8 Å². The van der Waals surface area contributed by atoms with E-state index in [2.05, 4.69) is 5.43 Å². The Balaban J connectivity index is 2.97. The summed E-state index contributed by atoms with van der Waals surface area (Å²) in [7, 11) is 1.56. The van der Waals surface area contributed by atoms with Gasteiger partial charge in [-0.25, -0.2) is 8.78 Å². The van der Waals surface area contributed by atoms with E-state index in [0.717, 1.165) is 18.2 Å². The second kappa shape index (κ2) is 5.53. The fraction of sp³-hybridized carbons (Fsp3) is 0.500. The molecule has 3 nitrogen and oxygen atoms in total. The van der Waals surface area contributed by atoms with Gasteiger partial charge in [0.05, 0.1) is 11.6 Å². The van der Waals surface area contributed by atoms with Crippen molar-refractivity contribution in [1.82, 2.24) is 5.43 Å². The predicted octanol–water partition coefficient (Wildman–Crippen LogP) is 2.28. The van der Waals surface area contributed by atoms with Gasteiger partial charge in [0.2, 0.25) is 0 Å². The summed E-state index contributed by atoms with van der Waals surface area (Å²) in [6.45, 7) is 3.71. The minimum Gasteiger partial charge on any atom is -0.379 e. The molecule has 96 valence electrons. The van der Waals surface area contributed by atoms with Crippen LogP contribution in [-0.4, -0.2) is 12.7 Å². The molecule has 0 aliphatic rings. The lowest BCUT2D eigenvalue weighted by atomic mass is 9.93. The highest BCUT2D eigenvalue weighted by atomic mass is 19.1. The van der Waals surface area contributed by atoms with Gasteiger partial charge in [-0.1, -0.05) is 0 Å². The van der Waals surface area contributed by atoms with Crippen molar-refractivity contribution < 1.29 is 13.5 Å². The first-order chi connectivity index (χ1) is 7.89. The minimum atomic E-state index is -0.499. The van der Waals surface area contributed by atoms with Crippen molar-refractivity contribution >= 4 is 0 Å². The van der Waals surface area contributed by atoms with Gasteiger partial charge in [-0.2, -0.15) is 0 Å². The smallest absolute Gasteiger partial charge is 0.128 e. The molecule has 3 N–H and O–H groups in total. The zero-order valence-electron chi connectivity index (χ0n) is 10.3. The zero-order chi connectivity index (χ0) is 13.1. The lowest BCUT2D eigenvalue weighted by molar-refractivity contribution is 0.00652. The van der Waals surface area contributed by atoms with Crippen LogP contribution in [0.15, 0.2) is 18.2 Å². The number of hydrogen-bond donors (Lipinski definition) is 2. The number of nitrogens with two attached hydrogens (primary N) is 1. The highest BCUT2D eigenvalue weighted by molar-refractivity contribution is 5.22. The Morgan fingerprint density at radius 2 is 2.06 bits per heavy atom. The average Bonchev–Trinajstić information content (AvgIpc) is 2.29. The zero-order valence-corrected chi connectivity index (χ0v) is 10.3. The SMILES string of the molecule is COC(C)(C)CC(NN)c1cc(F)ccc1F. The number of ether oxygens (including phenoxy) is 1. The molecule has 0 saturated heterocycles. The Morgan fingerprint density at radius 1 is 1.41 bits per heavy atom. The predicted molar refractivity (Wildman–Crippen MR) is 62.1 cm³/mol. The Bertz CT molecular complexity index is 383. The van der Waals surface area contributed by atoms with Crippen LogP contribution in [0.5, 0.6) is 0 Å². The minimum absolute atomic E-state index is 0.206. The summed E-state index contributed by atoms with van der Waals surface area (Å²) in [4.78, 5) is 0. The number of methoxy groups -OCH3 is 1. The van der Waals surface area contributed by atoms with E-state index in [1.165, 1.54) is 0 Å². The maximum absolute atomic E-state index is 13.6. The van der Waals surface area contributed by atoms with Gasteiger partial charge in [0.1, 0.15) is 11.6 Å². The van der Waals surface area contributed by atoms with Crippen LogP contribution >= 0.6 is 0 Å². The molecule has 0 bridgehead atoms. The van der Waals surface area contributed by atoms with Gasteiger partial charge in [0.15, 0.2) is 0 Å². The summed E-state index contributed by atoms with van der Waals surface area (Å²) in [5.74, 6) is 4.42. The van der Waals surface area contributed by atoms with Crippen molar-refractivity contribution in [1.29, 1.82) is 0 Å². The van der Waals surface area contributed by atoms with Gasteiger partial charge in [-0.05, 0) is 38.5 Å². The topological polar surface area (TPSA) is 47.3 Å². The first-order valence-electron chi connectivity index (χ1n) is 5.36. The van der Waals surface area contributed by atoms with Crippen LogP contribution in [0.4, 0.5) is 8.78 Å². The number of hydrazine groups is 1. The molecule has 5 heteroatoms. The van der Waals surface area contributed by atoms with Crippen molar-refractivity contribution in [3.05, 3.63) is 35.4 Å². The summed E-state index contributed by atoms with van der Waals surface area (Å²) >= 11 is 0. The molecule has 1 rings (SSSR count). The molecule has 0 heterocycles. The van der Waals surface area contributed by atoms with Crippen molar-refractivity contribution in [3.8, 4) is 0 Å². The quantitative estimate of drug-likeness (QED) is 0.617. The van der Waals surface area contributed by atoms with E-state index in [0.29, 0.717) is 6.42 Å². The van der Waals surface area contributed by atoms with Crippen LogP contribution in [0.1, 0.15) is 31.9 Å². The third kappa shape index (κ3) is 3.73. The van der Waals surface area contributed by atoms with Crippen molar-refractivity contribution in [2.45, 2.75) is 31.9 Å². The molecule has 0 aromatic heterocycles. The monoisotopic (exact) mass is 244 g/mol. The highest BCUT2D eigenvalue weighted by Crippen LogP contribution is 2.27. The average molecular weight is 244 g/mol. The Morgan fingerprint density at radius 3 is 2.59 bits per heavy atom. The summed E-state index contributed by atoms with van der Waals surface area (Å²) < 4.78 is 31.9. The molecule has 0 saturated carbocycles. The third-order valence-corrected chi connectivity index (χ3v) is 2.78. The number of rotatable bonds is 5. The normalized spacial score (nSPS) is 13.8. The van der Waals surface area contributed by atoms with E-state index in [1.54, 1.807) is 7.11 Å². The van der Waals surface area contributed by atoms with Gasteiger partial charge in [-0.15, -0.1) is 0 Å². The van der Waals surface area contributed by atoms with Gasteiger partial charge in [-0.3, -0.25) is 11.3 Å². The summed E-state index contributed by atoms with van der Waals surface area (Å²) in [5.41, 5.74) is 2.22. The Hall–Kier alpha value is -1.04. The van der Waals surface area contributed by atoms with Gasteiger partial charge < -0.3 is 4.74 Å². The van der Waals surface area contributed by atoms with Crippen LogP contribution < -0.4 is 11.3 Å². The second-order valence-electron chi connectivity index (χ2n) is 4.55. The molecule has 0 spiro atoms. The molecular weight excluding hydrogens is 226 g/mol. The Labute approximate surface area is 99.9 Å². The molecule has 17 heavy (non-hydrogen) atoms. The Kier molecular flexibility index (Phi) is 4.56. The lowest BCUT2D eigenvalue weighted by Crippen LogP contribution is -2.36.